The topological polar surface area (TPSA) is 52.8 Å². The molecule has 78 valence electrons. The molecule has 1 aromatic heterocycles. The Kier molecular flexibility index (Phi) is 2.63. The van der Waals surface area contributed by atoms with Crippen molar-refractivity contribution in [1.82, 2.24) is 20.2 Å². The maximum Gasteiger partial charge on any atom is 0.340 e. The first-order valence-corrected chi connectivity index (χ1v) is 4.81. The number of aromatic nitrogens is 4. The van der Waals surface area contributed by atoms with Crippen LogP contribution in [0, 0.1) is 5.82 Å². The van der Waals surface area contributed by atoms with Gasteiger partial charge in [0, 0.05) is 11.5 Å². The Labute approximate surface area is 93.0 Å². The minimum atomic E-state index is -0.471. The summed E-state index contributed by atoms with van der Waals surface area (Å²) in [6.07, 6.45) is 0. The van der Waals surface area contributed by atoms with E-state index in [0.717, 1.165) is 0 Å². The predicted molar refractivity (Wildman–Crippen MR) is 53.0 cm³/mol. The number of rotatable bonds is 2. The maximum atomic E-state index is 13.3. The normalized spacial score (nSPS) is 10.3. The Hall–Kier alpha value is -1.50. The van der Waals surface area contributed by atoms with Gasteiger partial charge in [-0.1, -0.05) is 21.0 Å². The molecule has 1 heterocycles. The third kappa shape index (κ3) is 2.12. The molecule has 5 nitrogen and oxygen atoms in total. The first-order valence-electron chi connectivity index (χ1n) is 4.02. The van der Waals surface area contributed by atoms with Gasteiger partial charge >= 0.3 is 6.01 Å². The Morgan fingerprint density at radius 2 is 2.27 bits per heavy atom. The molecule has 2 rings (SSSR count). The van der Waals surface area contributed by atoms with Crippen LogP contribution in [0.2, 0.25) is 0 Å². The van der Waals surface area contributed by atoms with Gasteiger partial charge < -0.3 is 4.74 Å². The number of halogens is 2. The fraction of sp³-hybridized carbons (Fsp3) is 0.125. The Balaban J connectivity index is 2.32. The summed E-state index contributed by atoms with van der Waals surface area (Å²) < 4.78 is 20.5. The van der Waals surface area contributed by atoms with Crippen LogP contribution in [-0.4, -0.2) is 20.2 Å². The van der Waals surface area contributed by atoms with Crippen molar-refractivity contribution >= 4 is 15.9 Å². The van der Waals surface area contributed by atoms with Gasteiger partial charge in [0.05, 0.1) is 0 Å². The quantitative estimate of drug-likeness (QED) is 0.838. The van der Waals surface area contributed by atoms with E-state index in [2.05, 4.69) is 31.5 Å². The average Bonchev–Trinajstić information content (AvgIpc) is 2.58. The van der Waals surface area contributed by atoms with Crippen molar-refractivity contribution in [2.75, 3.05) is 0 Å². The largest absolute Gasteiger partial charge is 0.420 e. The van der Waals surface area contributed by atoms with Gasteiger partial charge in [-0.3, -0.25) is 0 Å². The molecule has 0 radical (unpaired) electrons. The van der Waals surface area contributed by atoms with E-state index in [1.54, 1.807) is 13.1 Å². The zero-order chi connectivity index (χ0) is 10.8. The van der Waals surface area contributed by atoms with Crippen molar-refractivity contribution in [3.8, 4) is 11.8 Å². The molecule has 0 N–H and O–H groups in total. The molecule has 0 bridgehead atoms. The van der Waals surface area contributed by atoms with Gasteiger partial charge in [0.1, 0.15) is 0 Å². The van der Waals surface area contributed by atoms with Gasteiger partial charge in [-0.2, -0.15) is 4.68 Å². The molecule has 0 aliphatic carbocycles. The van der Waals surface area contributed by atoms with E-state index in [9.17, 15) is 4.39 Å². The van der Waals surface area contributed by atoms with Crippen LogP contribution >= 0.6 is 15.9 Å². The Morgan fingerprint density at radius 3 is 2.93 bits per heavy atom. The molecule has 2 aromatic rings. The summed E-state index contributed by atoms with van der Waals surface area (Å²) >= 11 is 3.21. The number of hydrogen-bond donors (Lipinski definition) is 0. The summed E-state index contributed by atoms with van der Waals surface area (Å²) in [5.41, 5.74) is 0. The molecular formula is C8H6BrFN4O. The minimum absolute atomic E-state index is 0.0716. The second kappa shape index (κ2) is 3.93. The fourth-order valence-electron chi connectivity index (χ4n) is 0.961. The first-order chi connectivity index (χ1) is 7.16. The van der Waals surface area contributed by atoms with Crippen LogP contribution in [0.5, 0.6) is 11.8 Å². The summed E-state index contributed by atoms with van der Waals surface area (Å²) in [6, 6.07) is 4.51. The molecule has 7 heteroatoms. The van der Waals surface area contributed by atoms with Crippen molar-refractivity contribution in [3.05, 3.63) is 28.5 Å². The van der Waals surface area contributed by atoms with Crippen LogP contribution in [-0.2, 0) is 7.05 Å². The molecule has 0 amide bonds. The van der Waals surface area contributed by atoms with Gasteiger partial charge in [0.25, 0.3) is 0 Å². The van der Waals surface area contributed by atoms with E-state index in [1.807, 2.05) is 0 Å². The third-order valence-corrected chi connectivity index (χ3v) is 2.17. The minimum Gasteiger partial charge on any atom is -0.420 e. The smallest absolute Gasteiger partial charge is 0.340 e. The van der Waals surface area contributed by atoms with Gasteiger partial charge in [-0.15, -0.1) is 0 Å². The number of aryl methyl sites for hydroxylation is 1. The highest BCUT2D eigenvalue weighted by Crippen LogP contribution is 2.25. The second-order valence-corrected chi connectivity index (χ2v) is 3.68. The lowest BCUT2D eigenvalue weighted by atomic mass is 10.3. The van der Waals surface area contributed by atoms with Gasteiger partial charge in [0.15, 0.2) is 11.6 Å². The number of hydrogen-bond acceptors (Lipinski definition) is 4. The molecular weight excluding hydrogens is 267 g/mol. The molecule has 0 fully saturated rings. The van der Waals surface area contributed by atoms with Crippen LogP contribution in [0.25, 0.3) is 0 Å². The van der Waals surface area contributed by atoms with Gasteiger partial charge in [-0.05, 0) is 28.6 Å². The zero-order valence-electron chi connectivity index (χ0n) is 7.69. The number of benzene rings is 1. The third-order valence-electron chi connectivity index (χ3n) is 1.68. The summed E-state index contributed by atoms with van der Waals surface area (Å²) in [4.78, 5) is 0. The highest BCUT2D eigenvalue weighted by molar-refractivity contribution is 9.10. The average molecular weight is 273 g/mol. The van der Waals surface area contributed by atoms with E-state index in [-0.39, 0.29) is 11.8 Å². The van der Waals surface area contributed by atoms with E-state index in [4.69, 9.17) is 4.74 Å². The number of tetrazole rings is 1. The molecule has 0 aliphatic heterocycles. The lowest BCUT2D eigenvalue weighted by Gasteiger charge is -2.04. The molecule has 0 aliphatic rings. The highest BCUT2D eigenvalue weighted by atomic mass is 79.9. The molecule has 0 saturated carbocycles. The van der Waals surface area contributed by atoms with E-state index in [1.165, 1.54) is 16.8 Å². The molecule has 1 aromatic carbocycles. The Bertz CT molecular complexity index is 487. The van der Waals surface area contributed by atoms with Crippen LogP contribution < -0.4 is 4.74 Å². The van der Waals surface area contributed by atoms with Crippen molar-refractivity contribution in [1.29, 1.82) is 0 Å². The number of ether oxygens (including phenoxy) is 1. The SMILES string of the molecule is Cn1nnnc1Oc1cc(Br)ccc1F. The zero-order valence-corrected chi connectivity index (χ0v) is 9.27. The lowest BCUT2D eigenvalue weighted by molar-refractivity contribution is 0.390. The fourth-order valence-corrected chi connectivity index (χ4v) is 1.30. The van der Waals surface area contributed by atoms with E-state index >= 15 is 0 Å². The van der Waals surface area contributed by atoms with Gasteiger partial charge in [-0.25, -0.2) is 4.39 Å². The highest BCUT2D eigenvalue weighted by Gasteiger charge is 2.09. The molecule has 0 saturated heterocycles. The van der Waals surface area contributed by atoms with Crippen molar-refractivity contribution in [2.24, 2.45) is 7.05 Å². The lowest BCUT2D eigenvalue weighted by Crippen LogP contribution is -1.97. The van der Waals surface area contributed by atoms with Crippen molar-refractivity contribution in [2.45, 2.75) is 0 Å². The monoisotopic (exact) mass is 272 g/mol. The molecule has 0 spiro atoms. The standard InChI is InChI=1S/C8H6BrFN4O/c1-14-8(11-12-13-14)15-7-4-5(9)2-3-6(7)10/h2-4H,1H3. The summed E-state index contributed by atoms with van der Waals surface area (Å²) in [5, 5.41) is 10.5. The molecule has 0 atom stereocenters. The first kappa shape index (κ1) is 10.0. The summed E-state index contributed by atoms with van der Waals surface area (Å²) in [5.74, 6) is -0.400. The van der Waals surface area contributed by atoms with Crippen LogP contribution in [0.4, 0.5) is 4.39 Å². The van der Waals surface area contributed by atoms with Crippen molar-refractivity contribution < 1.29 is 9.13 Å². The van der Waals surface area contributed by atoms with E-state index in [0.29, 0.717) is 4.47 Å². The van der Waals surface area contributed by atoms with Crippen molar-refractivity contribution in [3.63, 3.8) is 0 Å². The van der Waals surface area contributed by atoms with Crippen LogP contribution in [0.15, 0.2) is 22.7 Å². The van der Waals surface area contributed by atoms with E-state index < -0.39 is 5.82 Å². The maximum absolute atomic E-state index is 13.3. The molecule has 0 unspecified atom stereocenters. The molecule has 15 heavy (non-hydrogen) atoms. The van der Waals surface area contributed by atoms with Crippen LogP contribution in [0.1, 0.15) is 0 Å². The number of nitrogens with zero attached hydrogens (tertiary/aromatic N) is 4. The van der Waals surface area contributed by atoms with Gasteiger partial charge in [0.2, 0.25) is 0 Å². The predicted octanol–water partition coefficient (Wildman–Crippen LogP) is 1.90. The Morgan fingerprint density at radius 1 is 1.47 bits per heavy atom. The van der Waals surface area contributed by atoms with Crippen LogP contribution in [0.3, 0.4) is 0 Å². The summed E-state index contributed by atoms with van der Waals surface area (Å²) in [6.45, 7) is 0. The summed E-state index contributed by atoms with van der Waals surface area (Å²) in [7, 11) is 1.60. The second-order valence-electron chi connectivity index (χ2n) is 2.76.